The van der Waals surface area contributed by atoms with Gasteiger partial charge in [0.05, 0.1) is 51.8 Å². The monoisotopic (exact) mass is 1020 g/mol. The van der Waals surface area contributed by atoms with E-state index in [4.69, 9.17) is 28.4 Å². The van der Waals surface area contributed by atoms with E-state index in [0.717, 1.165) is 25.3 Å². The van der Waals surface area contributed by atoms with Crippen LogP contribution in [0.4, 0.5) is 0 Å². The van der Waals surface area contributed by atoms with Crippen molar-refractivity contribution in [1.29, 1.82) is 0 Å². The van der Waals surface area contributed by atoms with E-state index in [1.54, 1.807) is 24.3 Å². The van der Waals surface area contributed by atoms with Gasteiger partial charge in [-0.1, -0.05) is 25.5 Å². The van der Waals surface area contributed by atoms with Gasteiger partial charge in [-0.25, -0.2) is 0 Å². The van der Waals surface area contributed by atoms with Gasteiger partial charge in [-0.3, -0.25) is 24.0 Å². The highest BCUT2D eigenvalue weighted by atomic mass is 16.7. The molecule has 0 aromatic heterocycles. The van der Waals surface area contributed by atoms with Crippen molar-refractivity contribution in [2.24, 2.45) is 0 Å². The Morgan fingerprint density at radius 1 is 0.732 bits per heavy atom. The first-order chi connectivity index (χ1) is 33.9. The Morgan fingerprint density at radius 3 is 1.90 bits per heavy atom. The summed E-state index contributed by atoms with van der Waals surface area (Å²) < 4.78 is 34.1. The Kier molecular flexibility index (Phi) is 31.3. The molecule has 25 heteroatoms. The second-order valence-corrected chi connectivity index (χ2v) is 17.1. The number of rotatable bonds is 37. The molecule has 2 rings (SSSR count). The summed E-state index contributed by atoms with van der Waals surface area (Å²) in [6.07, 6.45) is -15.0. The van der Waals surface area contributed by atoms with Crippen molar-refractivity contribution in [3.8, 4) is 0 Å². The van der Waals surface area contributed by atoms with Gasteiger partial charge in [0.25, 0.3) is 5.91 Å². The Hall–Kier alpha value is -4.03. The second-order valence-electron chi connectivity index (χ2n) is 17.1. The largest absolute Gasteiger partial charge is 0.394 e. The second kappa shape index (κ2) is 35.2. The first kappa shape index (κ1) is 63.1. The third-order valence-electron chi connectivity index (χ3n) is 11.0. The Balaban J connectivity index is 1.88. The molecule has 1 saturated heterocycles. The average Bonchev–Trinajstić information content (AvgIpc) is 3.34. The summed E-state index contributed by atoms with van der Waals surface area (Å²) in [6.45, 7) is 2.62. The van der Waals surface area contributed by atoms with Crippen molar-refractivity contribution in [3.63, 3.8) is 0 Å². The van der Waals surface area contributed by atoms with Gasteiger partial charge in [-0.05, 0) is 57.2 Å². The summed E-state index contributed by atoms with van der Waals surface area (Å²) in [7, 11) is 0. The van der Waals surface area contributed by atoms with Gasteiger partial charge < -0.3 is 101 Å². The number of carbonyl (C=O) groups is 5. The zero-order chi connectivity index (χ0) is 52.9. The van der Waals surface area contributed by atoms with Gasteiger partial charge >= 0.3 is 0 Å². The van der Waals surface area contributed by atoms with E-state index in [1.807, 2.05) is 6.92 Å². The van der Waals surface area contributed by atoms with Crippen LogP contribution >= 0.6 is 0 Å². The predicted molar refractivity (Wildman–Crippen MR) is 249 cm³/mol. The summed E-state index contributed by atoms with van der Waals surface area (Å²) >= 11 is 0. The molecule has 408 valence electrons. The topological polar surface area (TPSA) is 383 Å². The summed E-state index contributed by atoms with van der Waals surface area (Å²) in [5.74, 6) is -1.48. The molecule has 25 nitrogen and oxygen atoms in total. The number of aliphatic hydroxyl groups excluding tert-OH is 9. The smallest absolute Gasteiger partial charge is 0.251 e. The molecule has 5 amide bonds. The molecule has 0 bridgehead atoms. The lowest BCUT2D eigenvalue weighted by Gasteiger charge is -2.45. The number of carbonyl (C=O) groups excluding carboxylic acids is 5. The van der Waals surface area contributed by atoms with Crippen molar-refractivity contribution < 1.29 is 98.4 Å². The van der Waals surface area contributed by atoms with Gasteiger partial charge in [0.1, 0.15) is 48.8 Å². The number of amides is 5. The fraction of sp³-hybridized carbons (Fsp3) is 0.761. The molecule has 1 aliphatic rings. The quantitative estimate of drug-likeness (QED) is 0.0225. The lowest BCUT2D eigenvalue weighted by Crippen LogP contribution is -2.66. The van der Waals surface area contributed by atoms with Gasteiger partial charge in [-0.15, -0.1) is 0 Å². The maximum absolute atomic E-state index is 12.6. The Bertz CT molecular complexity index is 1700. The predicted octanol–water partition coefficient (Wildman–Crippen LogP) is -3.71. The van der Waals surface area contributed by atoms with Gasteiger partial charge in [-0.2, -0.15) is 0 Å². The van der Waals surface area contributed by atoms with Crippen molar-refractivity contribution in [2.75, 3.05) is 59.3 Å². The molecule has 1 fully saturated rings. The number of ether oxygens (including phenoxy) is 6. The summed E-state index contributed by atoms with van der Waals surface area (Å²) in [6, 6.07) is 5.47. The minimum Gasteiger partial charge on any atom is -0.394 e. The number of hydrogen-bond donors (Lipinski definition) is 14. The fourth-order valence-corrected chi connectivity index (χ4v) is 6.87. The minimum absolute atomic E-state index is 0.0583. The number of aliphatic hydroxyl groups is 9. The SMILES string of the molecule is CCCCC(=O)NCCNC(=O)c1cccc(CNC(=O)CCCCC(=O)NCCCOC2OC(CO)C(OC(OC(CO)[C@@H](C)O)[C@@H](O)COC(OC(CO)[C@@H](C)O)[C@@H](O)CO)C(O)C2NC(C)=O)c1. The van der Waals surface area contributed by atoms with E-state index in [2.05, 4.69) is 26.6 Å². The molecule has 9 unspecified atom stereocenters. The van der Waals surface area contributed by atoms with Crippen molar-refractivity contribution in [1.82, 2.24) is 26.6 Å². The molecule has 14 N–H and O–H groups in total. The maximum atomic E-state index is 12.6. The van der Waals surface area contributed by atoms with E-state index < -0.39 is 119 Å². The zero-order valence-corrected chi connectivity index (χ0v) is 41.1. The number of nitrogens with one attached hydrogen (secondary N) is 5. The van der Waals surface area contributed by atoms with Crippen LogP contribution in [0.15, 0.2) is 24.3 Å². The minimum atomic E-state index is -1.89. The van der Waals surface area contributed by atoms with Gasteiger partial charge in [0, 0.05) is 57.9 Å². The van der Waals surface area contributed by atoms with Crippen LogP contribution in [0, 0.1) is 0 Å². The summed E-state index contributed by atoms with van der Waals surface area (Å²) in [5, 5.41) is 106. The highest BCUT2D eigenvalue weighted by molar-refractivity contribution is 5.94. The number of benzene rings is 1. The van der Waals surface area contributed by atoms with Crippen LogP contribution in [0.5, 0.6) is 0 Å². The molecule has 13 atom stereocenters. The molecule has 1 aliphatic heterocycles. The van der Waals surface area contributed by atoms with Gasteiger partial charge in [0.15, 0.2) is 18.9 Å². The normalized spacial score (nSPS) is 21.4. The van der Waals surface area contributed by atoms with Crippen molar-refractivity contribution in [3.05, 3.63) is 35.4 Å². The Morgan fingerprint density at radius 2 is 1.32 bits per heavy atom. The molecule has 0 aliphatic carbocycles. The average molecular weight is 1020 g/mol. The van der Waals surface area contributed by atoms with E-state index in [1.165, 1.54) is 13.8 Å². The fourth-order valence-electron chi connectivity index (χ4n) is 6.87. The first-order valence-corrected chi connectivity index (χ1v) is 24.0. The molecular formula is C46H79N5O20. The van der Waals surface area contributed by atoms with Crippen LogP contribution in [0.1, 0.15) is 95.0 Å². The van der Waals surface area contributed by atoms with Crippen molar-refractivity contribution in [2.45, 2.75) is 165 Å². The molecule has 1 heterocycles. The third kappa shape index (κ3) is 24.0. The number of unbranched alkanes of at least 4 members (excludes halogenated alkanes) is 2. The standard InChI is InChI=1S/C46H79N5O20/c1-5-6-13-37(61)48-17-18-49-43(65)31-12-9-11-30(20-31)21-50-39(63)15-8-7-14-38(62)47-16-10-19-66-46-40(51-29(4)58)41(64)42(36(25-55)70-46)71-45(69-35(24-54)28(3)57)33(60)26-67-44(32(59)22-52)68-34(23-53)27(2)56/h9,11-12,20,27-28,32-36,40-42,44-46,52-57,59-60,64H,5-8,10,13-19,21-26H2,1-4H3,(H,47,62)(H,48,61)(H,49,65)(H,50,63)(H,51,58)/t27-,28-,32+,33+,34?,35?,36?,40?,41?,42?,44?,45?,46?/m1/s1. The summed E-state index contributed by atoms with van der Waals surface area (Å²) in [5.41, 5.74) is 1.14. The highest BCUT2D eigenvalue weighted by Gasteiger charge is 2.49. The molecular weight excluding hydrogens is 943 g/mol. The first-order valence-electron chi connectivity index (χ1n) is 24.0. The lowest BCUT2D eigenvalue weighted by atomic mass is 9.96. The van der Waals surface area contributed by atoms with Crippen LogP contribution in [0.25, 0.3) is 0 Å². The third-order valence-corrected chi connectivity index (χ3v) is 11.0. The molecule has 1 aromatic carbocycles. The zero-order valence-electron chi connectivity index (χ0n) is 41.1. The lowest BCUT2D eigenvalue weighted by molar-refractivity contribution is -0.329. The van der Waals surface area contributed by atoms with Crippen LogP contribution in [-0.2, 0) is 54.1 Å². The molecule has 0 radical (unpaired) electrons. The number of hydrogen-bond acceptors (Lipinski definition) is 20. The molecule has 0 saturated carbocycles. The van der Waals surface area contributed by atoms with Crippen LogP contribution < -0.4 is 26.6 Å². The maximum Gasteiger partial charge on any atom is 0.251 e. The Labute approximate surface area is 413 Å². The van der Waals surface area contributed by atoms with E-state index >= 15 is 0 Å². The van der Waals surface area contributed by atoms with Crippen LogP contribution in [0.2, 0.25) is 0 Å². The van der Waals surface area contributed by atoms with Crippen molar-refractivity contribution >= 4 is 29.5 Å². The van der Waals surface area contributed by atoms with Crippen LogP contribution in [-0.4, -0.2) is 215 Å². The van der Waals surface area contributed by atoms with E-state index in [9.17, 15) is 69.9 Å². The summed E-state index contributed by atoms with van der Waals surface area (Å²) in [4.78, 5) is 61.6. The molecule has 71 heavy (non-hydrogen) atoms. The van der Waals surface area contributed by atoms with Crippen LogP contribution in [0.3, 0.4) is 0 Å². The highest BCUT2D eigenvalue weighted by Crippen LogP contribution is 2.27. The molecule has 1 aromatic rings. The van der Waals surface area contributed by atoms with E-state index in [-0.39, 0.29) is 69.1 Å². The van der Waals surface area contributed by atoms with Gasteiger partial charge in [0.2, 0.25) is 23.6 Å². The molecule has 0 spiro atoms. The van der Waals surface area contributed by atoms with E-state index in [0.29, 0.717) is 31.4 Å².